The van der Waals surface area contributed by atoms with Crippen LogP contribution in [-0.4, -0.2) is 47.2 Å². The van der Waals surface area contributed by atoms with Gasteiger partial charge in [-0.25, -0.2) is 20.4 Å². The van der Waals surface area contributed by atoms with Gasteiger partial charge in [0.25, 0.3) is 0 Å². The summed E-state index contributed by atoms with van der Waals surface area (Å²) in [4.78, 5) is 16.7. The van der Waals surface area contributed by atoms with Crippen LogP contribution in [-0.2, 0) is 9.59 Å². The molecule has 0 radical (unpaired) electrons. The molecule has 0 unspecified atom stereocenters. The maximum atomic E-state index is 8.35. The number of benzene rings is 1. The average Bonchev–Trinajstić information content (AvgIpc) is 2.08. The molecule has 78 valence electrons. The van der Waals surface area contributed by atoms with Crippen LogP contribution in [0.5, 0.6) is 0 Å². The molecule has 0 bridgehead atoms. The standard InChI is InChI=1S/C7H8.2CHNO.Na.H2O.H/c1-7-5-3-2-4-6-7;2*2-1-3;;;/h2-6H,1H3;2*2H;;1H2;. The van der Waals surface area contributed by atoms with Crippen LogP contribution in [0.2, 0.25) is 0 Å². The fraction of sp³-hybridized carbons (Fsp3) is 0.111. The molecule has 0 amide bonds. The Morgan fingerprint density at radius 3 is 1.40 bits per heavy atom. The molecule has 0 aliphatic heterocycles. The Labute approximate surface area is 110 Å². The summed E-state index contributed by atoms with van der Waals surface area (Å²) in [7, 11) is 0. The average molecular weight is 220 g/mol. The molecule has 4 N–H and O–H groups in total. The molecule has 1 aromatic carbocycles. The van der Waals surface area contributed by atoms with Crippen LogP contribution in [0.4, 0.5) is 0 Å². The van der Waals surface area contributed by atoms with Crippen molar-refractivity contribution in [1.82, 2.24) is 0 Å². The molecule has 0 aliphatic rings. The summed E-state index contributed by atoms with van der Waals surface area (Å²) in [6.07, 6.45) is 1.50. The summed E-state index contributed by atoms with van der Waals surface area (Å²) < 4.78 is 0. The number of aryl methyl sites for hydroxylation is 1. The van der Waals surface area contributed by atoms with Gasteiger partial charge in [0.15, 0.2) is 0 Å². The van der Waals surface area contributed by atoms with Gasteiger partial charge in [0.2, 0.25) is 12.2 Å². The van der Waals surface area contributed by atoms with Gasteiger partial charge in [-0.15, -0.1) is 0 Å². The first-order chi connectivity index (χ1) is 6.22. The van der Waals surface area contributed by atoms with Crippen molar-refractivity contribution in [1.29, 1.82) is 10.8 Å². The topological polar surface area (TPSA) is 113 Å². The fourth-order valence-corrected chi connectivity index (χ4v) is 0.534. The molecule has 0 spiro atoms. The van der Waals surface area contributed by atoms with E-state index in [1.54, 1.807) is 0 Å². The summed E-state index contributed by atoms with van der Waals surface area (Å²) in [6, 6.07) is 10.3. The molecule has 0 fully saturated rings. The number of nitrogens with one attached hydrogen (secondary N) is 2. The molecule has 15 heavy (non-hydrogen) atoms. The zero-order valence-corrected chi connectivity index (χ0v) is 7.70. The molecule has 1 rings (SSSR count). The Hall–Kier alpha value is -1.06. The minimum absolute atomic E-state index is 0. The Kier molecular flexibility index (Phi) is 36.4. The molecule has 0 aliphatic carbocycles. The number of hydrogen-bond donors (Lipinski definition) is 2. The zero-order valence-electron chi connectivity index (χ0n) is 7.70. The van der Waals surface area contributed by atoms with Crippen LogP contribution in [0.25, 0.3) is 0 Å². The number of hydrogen-bond acceptors (Lipinski definition) is 4. The van der Waals surface area contributed by atoms with E-state index in [0.717, 1.165) is 12.2 Å². The molecule has 1 aromatic rings. The van der Waals surface area contributed by atoms with E-state index >= 15 is 0 Å². The van der Waals surface area contributed by atoms with Crippen LogP contribution in [0.1, 0.15) is 5.56 Å². The molecular weight excluding hydrogens is 207 g/mol. The van der Waals surface area contributed by atoms with Crippen LogP contribution in [0.15, 0.2) is 30.3 Å². The van der Waals surface area contributed by atoms with Gasteiger partial charge in [-0.05, 0) is 6.92 Å². The maximum absolute atomic E-state index is 8.35. The zero-order chi connectivity index (χ0) is 10.5. The Morgan fingerprint density at radius 1 is 1.00 bits per heavy atom. The van der Waals surface area contributed by atoms with Gasteiger partial charge in [-0.3, -0.25) is 0 Å². The number of carbonyl (C=O) groups excluding carboxylic acids is 2. The van der Waals surface area contributed by atoms with Gasteiger partial charge in [0, 0.05) is 0 Å². The third kappa shape index (κ3) is 32.2. The quantitative estimate of drug-likeness (QED) is 0.372. The van der Waals surface area contributed by atoms with Gasteiger partial charge in [0.05, 0.1) is 0 Å². The molecule has 0 saturated heterocycles. The fourth-order valence-electron chi connectivity index (χ4n) is 0.534. The van der Waals surface area contributed by atoms with E-state index in [1.807, 2.05) is 18.2 Å². The van der Waals surface area contributed by atoms with Crippen molar-refractivity contribution in [2.75, 3.05) is 0 Å². The summed E-state index contributed by atoms with van der Waals surface area (Å²) >= 11 is 0. The molecule has 0 atom stereocenters. The minimum atomic E-state index is 0. The van der Waals surface area contributed by atoms with E-state index in [9.17, 15) is 0 Å². The first-order valence-electron chi connectivity index (χ1n) is 3.32. The van der Waals surface area contributed by atoms with Gasteiger partial charge in [0.1, 0.15) is 0 Å². The molecule has 0 aromatic heterocycles. The molecular formula is C9H13N2NaO3. The first-order valence-corrected chi connectivity index (χ1v) is 3.32. The summed E-state index contributed by atoms with van der Waals surface area (Å²) in [5, 5.41) is 10.8. The van der Waals surface area contributed by atoms with E-state index in [0.29, 0.717) is 0 Å². The molecule has 6 heteroatoms. The molecule has 0 saturated carbocycles. The van der Waals surface area contributed by atoms with Gasteiger partial charge >= 0.3 is 29.6 Å². The molecule has 5 nitrogen and oxygen atoms in total. The second-order valence-electron chi connectivity index (χ2n) is 1.86. The van der Waals surface area contributed by atoms with Gasteiger partial charge < -0.3 is 5.48 Å². The predicted molar refractivity (Wildman–Crippen MR) is 58.8 cm³/mol. The van der Waals surface area contributed by atoms with Crippen LogP contribution >= 0.6 is 0 Å². The first kappa shape index (κ1) is 23.6. The SMILES string of the molecule is Cc1ccccc1.N=C=O.N=C=O.O.[NaH]. The van der Waals surface area contributed by atoms with Crippen molar-refractivity contribution >= 4 is 41.7 Å². The molecule has 0 heterocycles. The number of rotatable bonds is 0. The van der Waals surface area contributed by atoms with Crippen molar-refractivity contribution < 1.29 is 15.1 Å². The Balaban J connectivity index is -0.0000000665. The van der Waals surface area contributed by atoms with Crippen LogP contribution < -0.4 is 0 Å². The Morgan fingerprint density at radius 2 is 1.27 bits per heavy atom. The third-order valence-electron chi connectivity index (χ3n) is 0.940. The van der Waals surface area contributed by atoms with Crippen molar-refractivity contribution in [3.8, 4) is 0 Å². The van der Waals surface area contributed by atoms with Crippen molar-refractivity contribution in [3.63, 3.8) is 0 Å². The third-order valence-corrected chi connectivity index (χ3v) is 0.940. The van der Waals surface area contributed by atoms with Crippen molar-refractivity contribution in [3.05, 3.63) is 35.9 Å². The summed E-state index contributed by atoms with van der Waals surface area (Å²) in [5.41, 5.74) is 1.32. The summed E-state index contributed by atoms with van der Waals surface area (Å²) in [5.74, 6) is 0. The van der Waals surface area contributed by atoms with E-state index in [-0.39, 0.29) is 35.0 Å². The Bertz CT molecular complexity index is 267. The van der Waals surface area contributed by atoms with Crippen LogP contribution in [0, 0.1) is 17.7 Å². The van der Waals surface area contributed by atoms with E-state index in [4.69, 9.17) is 20.4 Å². The monoisotopic (exact) mass is 220 g/mol. The van der Waals surface area contributed by atoms with E-state index in [1.165, 1.54) is 5.56 Å². The number of isocyanates is 2. The van der Waals surface area contributed by atoms with Crippen LogP contribution in [0.3, 0.4) is 0 Å². The second-order valence-corrected chi connectivity index (χ2v) is 1.86. The van der Waals surface area contributed by atoms with Crippen molar-refractivity contribution in [2.24, 2.45) is 0 Å². The normalized spacial score (nSPS) is 5.13. The van der Waals surface area contributed by atoms with Gasteiger partial charge in [-0.1, -0.05) is 35.9 Å². The van der Waals surface area contributed by atoms with Gasteiger partial charge in [-0.2, -0.15) is 0 Å². The second kappa shape index (κ2) is 23.1. The predicted octanol–water partition coefficient (Wildman–Crippen LogP) is 0.324. The van der Waals surface area contributed by atoms with E-state index < -0.39 is 0 Å². The van der Waals surface area contributed by atoms with E-state index in [2.05, 4.69) is 19.1 Å². The summed E-state index contributed by atoms with van der Waals surface area (Å²) in [6.45, 7) is 2.08. The van der Waals surface area contributed by atoms with Crippen molar-refractivity contribution in [2.45, 2.75) is 6.92 Å².